The second kappa shape index (κ2) is 6.88. The molecule has 0 bridgehead atoms. The van der Waals surface area contributed by atoms with Gasteiger partial charge in [0.2, 0.25) is 0 Å². The first-order valence-electron chi connectivity index (χ1n) is 8.67. The average molecular weight is 355 g/mol. The van der Waals surface area contributed by atoms with Crippen molar-refractivity contribution < 1.29 is 9.53 Å². The van der Waals surface area contributed by atoms with Crippen molar-refractivity contribution in [2.24, 2.45) is 0 Å². The number of imidazole rings is 1. The van der Waals surface area contributed by atoms with E-state index in [9.17, 15) is 4.79 Å². The van der Waals surface area contributed by atoms with Gasteiger partial charge in [0.15, 0.2) is 10.7 Å². The first-order valence-corrected chi connectivity index (χ1v) is 9.55. The van der Waals surface area contributed by atoms with Gasteiger partial charge in [0.1, 0.15) is 5.75 Å². The molecule has 0 atom stereocenters. The number of aromatic nitrogens is 2. The Bertz CT molecular complexity index is 876. The van der Waals surface area contributed by atoms with E-state index >= 15 is 0 Å². The molecule has 0 radical (unpaired) electrons. The quantitative estimate of drug-likeness (QED) is 0.765. The molecular weight excluding hydrogens is 334 g/mol. The molecule has 0 unspecified atom stereocenters. The highest BCUT2D eigenvalue weighted by Gasteiger charge is 2.24. The number of benzene rings is 1. The number of fused-ring (bicyclic) bond motifs is 1. The van der Waals surface area contributed by atoms with E-state index < -0.39 is 0 Å². The fourth-order valence-electron chi connectivity index (χ4n) is 3.47. The molecule has 1 N–H and O–H groups in total. The molecule has 1 aromatic carbocycles. The van der Waals surface area contributed by atoms with E-state index in [0.717, 1.165) is 34.8 Å². The van der Waals surface area contributed by atoms with Crippen LogP contribution in [0.5, 0.6) is 5.75 Å². The number of nitrogens with zero attached hydrogens (tertiary/aromatic N) is 2. The van der Waals surface area contributed by atoms with Crippen molar-refractivity contribution in [3.8, 4) is 17.0 Å². The number of methoxy groups -OCH3 is 1. The summed E-state index contributed by atoms with van der Waals surface area (Å²) in [6.45, 7) is 0. The predicted molar refractivity (Wildman–Crippen MR) is 99.4 cm³/mol. The van der Waals surface area contributed by atoms with Crippen LogP contribution in [0.25, 0.3) is 16.2 Å². The van der Waals surface area contributed by atoms with E-state index in [1.807, 2.05) is 40.2 Å². The molecule has 3 aromatic rings. The first kappa shape index (κ1) is 16.1. The van der Waals surface area contributed by atoms with Gasteiger partial charge < -0.3 is 10.1 Å². The highest BCUT2D eigenvalue weighted by molar-refractivity contribution is 7.15. The van der Waals surface area contributed by atoms with Crippen molar-refractivity contribution in [3.63, 3.8) is 0 Å². The SMILES string of the molecule is COc1ccc(-c2c(C(=O)NC3CCCCC3)nc3sccn23)cc1. The number of rotatable bonds is 4. The highest BCUT2D eigenvalue weighted by Crippen LogP contribution is 2.29. The minimum Gasteiger partial charge on any atom is -0.497 e. The highest BCUT2D eigenvalue weighted by atomic mass is 32.1. The second-order valence-electron chi connectivity index (χ2n) is 6.40. The largest absolute Gasteiger partial charge is 0.497 e. The maximum atomic E-state index is 12.9. The van der Waals surface area contributed by atoms with Gasteiger partial charge in [-0.25, -0.2) is 4.98 Å². The normalized spacial score (nSPS) is 15.4. The summed E-state index contributed by atoms with van der Waals surface area (Å²) in [5.41, 5.74) is 2.30. The van der Waals surface area contributed by atoms with Crippen molar-refractivity contribution >= 4 is 22.2 Å². The van der Waals surface area contributed by atoms with Gasteiger partial charge in [0, 0.05) is 23.2 Å². The summed E-state index contributed by atoms with van der Waals surface area (Å²) in [6, 6.07) is 8.02. The van der Waals surface area contributed by atoms with Gasteiger partial charge in [-0.2, -0.15) is 0 Å². The van der Waals surface area contributed by atoms with Gasteiger partial charge in [-0.1, -0.05) is 19.3 Å². The molecule has 1 amide bonds. The van der Waals surface area contributed by atoms with Crippen molar-refractivity contribution in [3.05, 3.63) is 41.5 Å². The van der Waals surface area contributed by atoms with E-state index in [0.29, 0.717) is 5.69 Å². The van der Waals surface area contributed by atoms with E-state index in [-0.39, 0.29) is 11.9 Å². The molecule has 1 aliphatic carbocycles. The Morgan fingerprint density at radius 3 is 2.72 bits per heavy atom. The van der Waals surface area contributed by atoms with Gasteiger partial charge in [-0.05, 0) is 37.1 Å². The van der Waals surface area contributed by atoms with E-state index in [2.05, 4.69) is 10.3 Å². The molecule has 5 nitrogen and oxygen atoms in total. The summed E-state index contributed by atoms with van der Waals surface area (Å²) in [7, 11) is 1.65. The van der Waals surface area contributed by atoms with Gasteiger partial charge in [-0.15, -0.1) is 11.3 Å². The van der Waals surface area contributed by atoms with Gasteiger partial charge in [0.25, 0.3) is 5.91 Å². The van der Waals surface area contributed by atoms with Gasteiger partial charge >= 0.3 is 0 Å². The summed E-state index contributed by atoms with van der Waals surface area (Å²) < 4.78 is 7.23. The fourth-order valence-corrected chi connectivity index (χ4v) is 4.18. The molecular formula is C19H21N3O2S. The number of ether oxygens (including phenoxy) is 1. The number of thiazole rings is 1. The average Bonchev–Trinajstić information content (AvgIpc) is 3.24. The molecule has 0 aliphatic heterocycles. The van der Waals surface area contributed by atoms with Crippen LogP contribution in [0, 0.1) is 0 Å². The second-order valence-corrected chi connectivity index (χ2v) is 7.27. The Morgan fingerprint density at radius 2 is 2.00 bits per heavy atom. The summed E-state index contributed by atoms with van der Waals surface area (Å²) in [6.07, 6.45) is 7.73. The molecule has 0 saturated heterocycles. The molecule has 6 heteroatoms. The third kappa shape index (κ3) is 3.14. The third-order valence-corrected chi connectivity index (χ3v) is 5.54. The molecule has 1 aliphatic rings. The predicted octanol–water partition coefficient (Wildman–Crippen LogP) is 4.13. The Hall–Kier alpha value is -2.34. The molecule has 1 saturated carbocycles. The molecule has 25 heavy (non-hydrogen) atoms. The number of carbonyl (C=O) groups excluding carboxylic acids is 1. The zero-order valence-electron chi connectivity index (χ0n) is 14.2. The molecule has 2 heterocycles. The minimum atomic E-state index is -0.0754. The lowest BCUT2D eigenvalue weighted by molar-refractivity contribution is 0.0924. The van der Waals surface area contributed by atoms with Crippen LogP contribution in [-0.4, -0.2) is 28.4 Å². The summed E-state index contributed by atoms with van der Waals surface area (Å²) >= 11 is 1.54. The van der Waals surface area contributed by atoms with Crippen molar-refractivity contribution in [2.45, 2.75) is 38.1 Å². The number of amides is 1. The number of carbonyl (C=O) groups is 1. The molecule has 2 aromatic heterocycles. The summed E-state index contributed by atoms with van der Waals surface area (Å²) in [4.78, 5) is 18.3. The summed E-state index contributed by atoms with van der Waals surface area (Å²) in [5.74, 6) is 0.719. The number of hydrogen-bond donors (Lipinski definition) is 1. The maximum Gasteiger partial charge on any atom is 0.272 e. The van der Waals surface area contributed by atoms with E-state index in [1.165, 1.54) is 30.6 Å². The Labute approximate surface area is 150 Å². The van der Waals surface area contributed by atoms with Gasteiger partial charge in [-0.3, -0.25) is 9.20 Å². The summed E-state index contributed by atoms with van der Waals surface area (Å²) in [5, 5.41) is 5.17. The van der Waals surface area contributed by atoms with Crippen LogP contribution in [0.3, 0.4) is 0 Å². The van der Waals surface area contributed by atoms with Gasteiger partial charge in [0.05, 0.1) is 12.8 Å². The number of nitrogens with one attached hydrogen (secondary N) is 1. The molecule has 0 spiro atoms. The Morgan fingerprint density at radius 1 is 1.24 bits per heavy atom. The Kier molecular flexibility index (Phi) is 4.44. The van der Waals surface area contributed by atoms with Crippen LogP contribution in [0.4, 0.5) is 0 Å². The lowest BCUT2D eigenvalue weighted by Gasteiger charge is -2.22. The van der Waals surface area contributed by atoms with Crippen LogP contribution in [0.15, 0.2) is 35.8 Å². The van der Waals surface area contributed by atoms with Crippen LogP contribution < -0.4 is 10.1 Å². The van der Waals surface area contributed by atoms with Crippen molar-refractivity contribution in [1.82, 2.24) is 14.7 Å². The molecule has 1 fully saturated rings. The fraction of sp³-hybridized carbons (Fsp3) is 0.368. The maximum absolute atomic E-state index is 12.9. The van der Waals surface area contributed by atoms with E-state index in [1.54, 1.807) is 7.11 Å². The van der Waals surface area contributed by atoms with Crippen LogP contribution in [0.2, 0.25) is 0 Å². The van der Waals surface area contributed by atoms with Crippen molar-refractivity contribution in [2.75, 3.05) is 7.11 Å². The molecule has 130 valence electrons. The standard InChI is InChI=1S/C19H21N3O2S/c1-24-15-9-7-13(8-10-15)17-16(21-19-22(17)11-12-25-19)18(23)20-14-5-3-2-4-6-14/h7-12,14H,2-6H2,1H3,(H,20,23). The van der Waals surface area contributed by atoms with Crippen LogP contribution in [-0.2, 0) is 0 Å². The minimum absolute atomic E-state index is 0.0754. The lowest BCUT2D eigenvalue weighted by Crippen LogP contribution is -2.36. The molecule has 4 rings (SSSR count). The van der Waals surface area contributed by atoms with Crippen LogP contribution >= 0.6 is 11.3 Å². The smallest absolute Gasteiger partial charge is 0.272 e. The zero-order valence-corrected chi connectivity index (χ0v) is 15.0. The number of hydrogen-bond acceptors (Lipinski definition) is 4. The van der Waals surface area contributed by atoms with E-state index in [4.69, 9.17) is 4.74 Å². The first-order chi connectivity index (χ1) is 12.3. The van der Waals surface area contributed by atoms with Crippen molar-refractivity contribution in [1.29, 1.82) is 0 Å². The third-order valence-electron chi connectivity index (χ3n) is 4.78. The monoisotopic (exact) mass is 355 g/mol. The zero-order chi connectivity index (χ0) is 17.2. The van der Waals surface area contributed by atoms with Crippen LogP contribution in [0.1, 0.15) is 42.6 Å². The topological polar surface area (TPSA) is 55.6 Å². The lowest BCUT2D eigenvalue weighted by atomic mass is 9.95. The Balaban J connectivity index is 1.70.